The van der Waals surface area contributed by atoms with Crippen molar-refractivity contribution in [1.29, 1.82) is 0 Å². The first-order valence-corrected chi connectivity index (χ1v) is 8.53. The predicted octanol–water partition coefficient (Wildman–Crippen LogP) is 4.01. The molecule has 0 nitrogen and oxygen atoms in total. The molecule has 0 amide bonds. The van der Waals surface area contributed by atoms with Crippen LogP contribution in [-0.2, 0) is 12.8 Å². The van der Waals surface area contributed by atoms with Crippen LogP contribution in [0.3, 0.4) is 0 Å². The van der Waals surface area contributed by atoms with Gasteiger partial charge in [-0.05, 0) is 0 Å². The minimum absolute atomic E-state index is 0.783. The summed E-state index contributed by atoms with van der Waals surface area (Å²) < 4.78 is 0. The van der Waals surface area contributed by atoms with E-state index in [0.717, 1.165) is 15.0 Å². The van der Waals surface area contributed by atoms with Crippen molar-refractivity contribution in [3.63, 3.8) is 0 Å². The molecule has 0 atom stereocenters. The second kappa shape index (κ2) is 7.32. The maximum absolute atomic E-state index is 2.23. The van der Waals surface area contributed by atoms with E-state index in [0.29, 0.717) is 0 Å². The summed E-state index contributed by atoms with van der Waals surface area (Å²) in [6, 6.07) is 21.6. The normalized spacial score (nSPS) is 10.4. The number of rotatable bonds is 6. The third-order valence-electron chi connectivity index (χ3n) is 2.76. The fourth-order valence-corrected chi connectivity index (χ4v) is 3.79. The molecule has 88 valence electrons. The molecule has 17 heavy (non-hydrogen) atoms. The average molecular weight is 289 g/mol. The molecule has 1 heteroatoms. The number of benzene rings is 2. The fraction of sp³-hybridized carbons (Fsp3) is 0.250. The Morgan fingerprint density at radius 1 is 0.588 bits per heavy atom. The molecule has 2 rings (SSSR count). The van der Waals surface area contributed by atoms with Crippen molar-refractivity contribution in [2.45, 2.75) is 23.5 Å². The second-order valence-electron chi connectivity index (χ2n) is 4.08. The molecule has 0 N–H and O–H groups in total. The van der Waals surface area contributed by atoms with Gasteiger partial charge in [0.25, 0.3) is 0 Å². The van der Waals surface area contributed by atoms with Gasteiger partial charge in [0, 0.05) is 0 Å². The van der Waals surface area contributed by atoms with Gasteiger partial charge in [-0.3, -0.25) is 0 Å². The molecule has 0 heterocycles. The Labute approximate surface area is 110 Å². The summed E-state index contributed by atoms with van der Waals surface area (Å²) in [5, 5.41) is 2.73. The van der Waals surface area contributed by atoms with Crippen LogP contribution in [0.15, 0.2) is 60.7 Å². The van der Waals surface area contributed by atoms with E-state index in [-0.39, 0.29) is 0 Å². The molecule has 0 aliphatic carbocycles. The molecule has 0 saturated carbocycles. The van der Waals surface area contributed by atoms with Crippen molar-refractivity contribution in [2.75, 3.05) is 0 Å². The first-order valence-electron chi connectivity index (χ1n) is 6.11. The first kappa shape index (κ1) is 12.4. The Bertz CT molecular complexity index is 367. The first-order chi connectivity index (χ1) is 8.45. The summed E-state index contributed by atoms with van der Waals surface area (Å²) in [6.45, 7) is 0. The van der Waals surface area contributed by atoms with Gasteiger partial charge in [0.15, 0.2) is 0 Å². The van der Waals surface area contributed by atoms with Crippen LogP contribution in [0.1, 0.15) is 11.1 Å². The molecule has 2 aromatic carbocycles. The Hall–Kier alpha value is -1.04. The SMILES string of the molecule is c1ccc(CC[Se]CCc2ccccc2)cc1. The molecule has 0 aliphatic heterocycles. The van der Waals surface area contributed by atoms with E-state index < -0.39 is 0 Å². The summed E-state index contributed by atoms with van der Waals surface area (Å²) in [7, 11) is 0. The van der Waals surface area contributed by atoms with Gasteiger partial charge in [-0.15, -0.1) is 0 Å². The van der Waals surface area contributed by atoms with Crippen molar-refractivity contribution in [1.82, 2.24) is 0 Å². The van der Waals surface area contributed by atoms with Crippen LogP contribution in [0.4, 0.5) is 0 Å². The Morgan fingerprint density at radius 2 is 1.00 bits per heavy atom. The number of aryl methyl sites for hydroxylation is 2. The molecular weight excluding hydrogens is 271 g/mol. The average Bonchev–Trinajstić information content (AvgIpc) is 2.41. The zero-order chi connectivity index (χ0) is 11.8. The molecule has 0 aliphatic rings. The molecule has 2 aromatic rings. The van der Waals surface area contributed by atoms with Crippen LogP contribution in [0.25, 0.3) is 0 Å². The molecule has 0 bridgehead atoms. The number of hydrogen-bond donors (Lipinski definition) is 0. The van der Waals surface area contributed by atoms with Gasteiger partial charge in [0.2, 0.25) is 0 Å². The van der Waals surface area contributed by atoms with Gasteiger partial charge in [0.1, 0.15) is 0 Å². The van der Waals surface area contributed by atoms with E-state index in [2.05, 4.69) is 60.7 Å². The minimum atomic E-state index is 0.783. The van der Waals surface area contributed by atoms with Crippen LogP contribution in [0.5, 0.6) is 0 Å². The van der Waals surface area contributed by atoms with Crippen LogP contribution >= 0.6 is 0 Å². The third kappa shape index (κ3) is 4.77. The van der Waals surface area contributed by atoms with E-state index in [1.54, 1.807) is 0 Å². The monoisotopic (exact) mass is 290 g/mol. The zero-order valence-electron chi connectivity index (χ0n) is 10.0. The number of hydrogen-bond acceptors (Lipinski definition) is 0. The van der Waals surface area contributed by atoms with Gasteiger partial charge in [-0.25, -0.2) is 0 Å². The zero-order valence-corrected chi connectivity index (χ0v) is 11.7. The fourth-order valence-electron chi connectivity index (χ4n) is 1.77. The van der Waals surface area contributed by atoms with E-state index in [1.165, 1.54) is 34.6 Å². The van der Waals surface area contributed by atoms with Crippen LogP contribution in [-0.4, -0.2) is 15.0 Å². The Kier molecular flexibility index (Phi) is 5.34. The van der Waals surface area contributed by atoms with Crippen molar-refractivity contribution in [3.8, 4) is 0 Å². The molecule has 0 unspecified atom stereocenters. The summed E-state index contributed by atoms with van der Waals surface area (Å²) in [5.74, 6) is 0. The topological polar surface area (TPSA) is 0 Å². The summed E-state index contributed by atoms with van der Waals surface area (Å²) in [6.07, 6.45) is 2.49. The van der Waals surface area contributed by atoms with E-state index in [9.17, 15) is 0 Å². The van der Waals surface area contributed by atoms with Crippen LogP contribution in [0, 0.1) is 0 Å². The predicted molar refractivity (Wildman–Crippen MR) is 75.7 cm³/mol. The molecule has 0 fully saturated rings. The van der Waals surface area contributed by atoms with Crippen molar-refractivity contribution < 1.29 is 0 Å². The summed E-state index contributed by atoms with van der Waals surface area (Å²) >= 11 is 0.783. The third-order valence-corrected chi connectivity index (χ3v) is 4.82. The van der Waals surface area contributed by atoms with Crippen molar-refractivity contribution in [2.24, 2.45) is 0 Å². The van der Waals surface area contributed by atoms with Gasteiger partial charge in [-0.2, -0.15) is 0 Å². The summed E-state index contributed by atoms with van der Waals surface area (Å²) in [5.41, 5.74) is 2.96. The molecule has 0 saturated heterocycles. The maximum atomic E-state index is 2.23. The van der Waals surface area contributed by atoms with E-state index >= 15 is 0 Å². The quantitative estimate of drug-likeness (QED) is 0.557. The molecule has 0 spiro atoms. The molecule has 0 radical (unpaired) electrons. The Balaban J connectivity index is 1.61. The second-order valence-corrected chi connectivity index (χ2v) is 6.65. The summed E-state index contributed by atoms with van der Waals surface area (Å²) in [4.78, 5) is 0. The van der Waals surface area contributed by atoms with E-state index in [1.807, 2.05) is 0 Å². The van der Waals surface area contributed by atoms with Crippen molar-refractivity contribution in [3.05, 3.63) is 71.8 Å². The molecular formula is C16H18Se. The van der Waals surface area contributed by atoms with Gasteiger partial charge < -0.3 is 0 Å². The molecule has 0 aromatic heterocycles. The van der Waals surface area contributed by atoms with Crippen LogP contribution < -0.4 is 0 Å². The van der Waals surface area contributed by atoms with Gasteiger partial charge in [0.05, 0.1) is 0 Å². The van der Waals surface area contributed by atoms with Crippen LogP contribution in [0.2, 0.25) is 10.6 Å². The van der Waals surface area contributed by atoms with E-state index in [4.69, 9.17) is 0 Å². The Morgan fingerprint density at radius 3 is 1.41 bits per heavy atom. The van der Waals surface area contributed by atoms with Gasteiger partial charge >= 0.3 is 110 Å². The standard InChI is InChI=1S/C16H18Se/c1-3-7-15(8-4-1)11-13-17-14-12-16-9-5-2-6-10-16/h1-10H,11-14H2. The van der Waals surface area contributed by atoms with Gasteiger partial charge in [-0.1, -0.05) is 0 Å². The van der Waals surface area contributed by atoms with Crippen molar-refractivity contribution >= 4 is 15.0 Å².